The molecule has 3 heterocycles. The zero-order valence-electron chi connectivity index (χ0n) is 16.4. The molecular formula is C21H30N4O2S. The van der Waals surface area contributed by atoms with Crippen LogP contribution in [0.15, 0.2) is 28.7 Å². The topological polar surface area (TPSA) is 75.6 Å². The fourth-order valence-electron chi connectivity index (χ4n) is 4.11. The van der Waals surface area contributed by atoms with E-state index in [2.05, 4.69) is 9.88 Å². The Kier molecular flexibility index (Phi) is 6.54. The van der Waals surface area contributed by atoms with Crippen molar-refractivity contribution in [2.75, 3.05) is 37.8 Å². The number of oxazole rings is 1. The predicted octanol–water partition coefficient (Wildman–Crippen LogP) is 3.04. The van der Waals surface area contributed by atoms with Crippen LogP contribution in [0.5, 0.6) is 0 Å². The summed E-state index contributed by atoms with van der Waals surface area (Å²) in [6.45, 7) is 4.10. The number of benzene rings is 1. The number of unbranched alkanes of at least 4 members (excludes halogenated alkanes) is 1. The van der Waals surface area contributed by atoms with E-state index in [0.29, 0.717) is 5.92 Å². The van der Waals surface area contributed by atoms with Gasteiger partial charge in [0.2, 0.25) is 5.91 Å². The van der Waals surface area contributed by atoms with Crippen LogP contribution in [-0.2, 0) is 4.79 Å². The number of hydrogen-bond donors (Lipinski definition) is 1. The Balaban J connectivity index is 1.15. The molecule has 0 saturated carbocycles. The lowest BCUT2D eigenvalue weighted by Crippen LogP contribution is -2.42. The molecule has 1 aromatic carbocycles. The van der Waals surface area contributed by atoms with Crippen molar-refractivity contribution >= 4 is 28.8 Å². The minimum absolute atomic E-state index is 0.129. The molecule has 1 aromatic heterocycles. The number of nitrogens with two attached hydrogens (primary N) is 1. The van der Waals surface area contributed by atoms with Crippen LogP contribution < -0.4 is 5.73 Å². The standard InChI is InChI=1S/C21H30N4O2S/c22-17(21(26)25-13-14-28-15-25)5-3-4-10-24-11-8-16(9-12-24)20-23-18-6-1-2-7-19(18)27-20/h1-2,6-7,16-17H,3-5,8-15,22H2. The average Bonchev–Trinajstić information content (AvgIpc) is 3.40. The van der Waals surface area contributed by atoms with Gasteiger partial charge >= 0.3 is 0 Å². The molecule has 1 atom stereocenters. The van der Waals surface area contributed by atoms with Crippen molar-refractivity contribution in [3.05, 3.63) is 30.2 Å². The van der Waals surface area contributed by atoms with Gasteiger partial charge in [-0.1, -0.05) is 18.6 Å². The lowest BCUT2D eigenvalue weighted by atomic mass is 9.96. The Bertz CT molecular complexity index is 749. The van der Waals surface area contributed by atoms with Gasteiger partial charge in [-0.3, -0.25) is 4.79 Å². The molecule has 0 radical (unpaired) electrons. The number of aromatic nitrogens is 1. The minimum Gasteiger partial charge on any atom is -0.440 e. The first-order valence-electron chi connectivity index (χ1n) is 10.4. The SMILES string of the molecule is NC(CCCCN1CCC(c2nc3ccccc3o2)CC1)C(=O)N1CCSC1. The van der Waals surface area contributed by atoms with Crippen LogP contribution in [0.25, 0.3) is 11.1 Å². The summed E-state index contributed by atoms with van der Waals surface area (Å²) in [7, 11) is 0. The molecule has 2 fully saturated rings. The number of thioether (sulfide) groups is 1. The Morgan fingerprint density at radius 3 is 2.82 bits per heavy atom. The molecular weight excluding hydrogens is 372 g/mol. The van der Waals surface area contributed by atoms with E-state index in [1.54, 1.807) is 11.8 Å². The number of para-hydroxylation sites is 2. The molecule has 0 spiro atoms. The third-order valence-electron chi connectivity index (χ3n) is 5.87. The van der Waals surface area contributed by atoms with Gasteiger partial charge in [0.15, 0.2) is 11.5 Å². The number of nitrogens with zero attached hydrogens (tertiary/aromatic N) is 3. The maximum Gasteiger partial charge on any atom is 0.240 e. The third-order valence-corrected chi connectivity index (χ3v) is 6.83. The third kappa shape index (κ3) is 4.70. The maximum absolute atomic E-state index is 12.2. The Morgan fingerprint density at radius 2 is 2.07 bits per heavy atom. The van der Waals surface area contributed by atoms with E-state index in [4.69, 9.17) is 10.2 Å². The van der Waals surface area contributed by atoms with E-state index in [1.807, 2.05) is 29.2 Å². The summed E-state index contributed by atoms with van der Waals surface area (Å²) in [6.07, 6.45) is 5.09. The number of amides is 1. The van der Waals surface area contributed by atoms with Crippen LogP contribution in [0.4, 0.5) is 0 Å². The monoisotopic (exact) mass is 402 g/mol. The zero-order valence-corrected chi connectivity index (χ0v) is 17.2. The Hall–Kier alpha value is -1.57. The van der Waals surface area contributed by atoms with Gasteiger partial charge in [-0.2, -0.15) is 0 Å². The highest BCUT2D eigenvalue weighted by Gasteiger charge is 2.25. The van der Waals surface area contributed by atoms with Gasteiger partial charge in [-0.15, -0.1) is 11.8 Å². The average molecular weight is 403 g/mol. The molecule has 2 N–H and O–H groups in total. The quantitative estimate of drug-likeness (QED) is 0.718. The summed E-state index contributed by atoms with van der Waals surface area (Å²) < 4.78 is 5.95. The molecule has 28 heavy (non-hydrogen) atoms. The van der Waals surface area contributed by atoms with Gasteiger partial charge in [-0.05, 0) is 57.5 Å². The number of likely N-dealkylation sites (tertiary alicyclic amines) is 1. The van der Waals surface area contributed by atoms with E-state index in [1.165, 1.54) is 0 Å². The van der Waals surface area contributed by atoms with Gasteiger partial charge in [0.05, 0.1) is 11.9 Å². The summed E-state index contributed by atoms with van der Waals surface area (Å²) >= 11 is 1.81. The van der Waals surface area contributed by atoms with E-state index in [-0.39, 0.29) is 11.9 Å². The van der Waals surface area contributed by atoms with Crippen LogP contribution in [0, 0.1) is 0 Å². The Morgan fingerprint density at radius 1 is 1.25 bits per heavy atom. The highest BCUT2D eigenvalue weighted by molar-refractivity contribution is 7.99. The second kappa shape index (κ2) is 9.29. The highest BCUT2D eigenvalue weighted by atomic mass is 32.2. The number of rotatable bonds is 7. The molecule has 0 aliphatic carbocycles. The van der Waals surface area contributed by atoms with Crippen molar-refractivity contribution < 1.29 is 9.21 Å². The van der Waals surface area contributed by atoms with Gasteiger partial charge < -0.3 is 20.0 Å². The molecule has 4 rings (SSSR count). The van der Waals surface area contributed by atoms with Crippen LogP contribution in [0.2, 0.25) is 0 Å². The largest absolute Gasteiger partial charge is 0.440 e. The van der Waals surface area contributed by atoms with Gasteiger partial charge in [0.1, 0.15) is 5.52 Å². The number of carbonyl (C=O) groups is 1. The first kappa shape index (κ1) is 19.7. The molecule has 2 aliphatic heterocycles. The molecule has 1 unspecified atom stereocenters. The fraction of sp³-hybridized carbons (Fsp3) is 0.619. The van der Waals surface area contributed by atoms with Gasteiger partial charge in [0, 0.05) is 18.2 Å². The summed E-state index contributed by atoms with van der Waals surface area (Å²) in [4.78, 5) is 21.3. The molecule has 2 saturated heterocycles. The van der Waals surface area contributed by atoms with Crippen molar-refractivity contribution in [2.45, 2.75) is 44.1 Å². The summed E-state index contributed by atoms with van der Waals surface area (Å²) in [5.74, 6) is 3.29. The first-order chi connectivity index (χ1) is 13.7. The molecule has 1 amide bonds. The summed E-state index contributed by atoms with van der Waals surface area (Å²) in [5.41, 5.74) is 7.94. The normalized spacial score (nSPS) is 20.1. The first-order valence-corrected chi connectivity index (χ1v) is 11.6. The molecule has 7 heteroatoms. The van der Waals surface area contributed by atoms with Crippen LogP contribution >= 0.6 is 11.8 Å². The van der Waals surface area contributed by atoms with E-state index < -0.39 is 0 Å². The van der Waals surface area contributed by atoms with Gasteiger partial charge in [0.25, 0.3) is 0 Å². The zero-order chi connectivity index (χ0) is 19.3. The second-order valence-electron chi connectivity index (χ2n) is 7.88. The van der Waals surface area contributed by atoms with Gasteiger partial charge in [-0.25, -0.2) is 4.98 Å². The summed E-state index contributed by atoms with van der Waals surface area (Å²) in [6, 6.07) is 7.65. The second-order valence-corrected chi connectivity index (χ2v) is 8.95. The number of hydrogen-bond acceptors (Lipinski definition) is 6. The lowest BCUT2D eigenvalue weighted by Gasteiger charge is -2.30. The fourth-order valence-corrected chi connectivity index (χ4v) is 5.07. The van der Waals surface area contributed by atoms with Crippen molar-refractivity contribution in [2.24, 2.45) is 5.73 Å². The van der Waals surface area contributed by atoms with Crippen LogP contribution in [0.1, 0.15) is 43.9 Å². The van der Waals surface area contributed by atoms with Crippen LogP contribution in [0.3, 0.4) is 0 Å². The van der Waals surface area contributed by atoms with Crippen molar-refractivity contribution in [1.82, 2.24) is 14.8 Å². The Labute approximate surface area is 170 Å². The summed E-state index contributed by atoms with van der Waals surface area (Å²) in [5, 5.41) is 0. The molecule has 152 valence electrons. The van der Waals surface area contributed by atoms with E-state index in [0.717, 1.165) is 86.9 Å². The number of carbonyl (C=O) groups excluding carboxylic acids is 1. The number of piperidine rings is 1. The molecule has 6 nitrogen and oxygen atoms in total. The smallest absolute Gasteiger partial charge is 0.240 e. The predicted molar refractivity (Wildman–Crippen MR) is 113 cm³/mol. The molecule has 0 bridgehead atoms. The number of fused-ring (bicyclic) bond motifs is 1. The lowest BCUT2D eigenvalue weighted by molar-refractivity contribution is -0.131. The van der Waals surface area contributed by atoms with E-state index >= 15 is 0 Å². The minimum atomic E-state index is -0.330. The van der Waals surface area contributed by atoms with Crippen LogP contribution in [-0.4, -0.2) is 64.5 Å². The van der Waals surface area contributed by atoms with Crippen molar-refractivity contribution in [3.8, 4) is 0 Å². The van der Waals surface area contributed by atoms with E-state index in [9.17, 15) is 4.79 Å². The molecule has 2 aromatic rings. The molecule has 2 aliphatic rings. The highest BCUT2D eigenvalue weighted by Crippen LogP contribution is 2.30. The van der Waals surface area contributed by atoms with Crippen molar-refractivity contribution in [3.63, 3.8) is 0 Å². The maximum atomic E-state index is 12.2. The van der Waals surface area contributed by atoms with Crippen molar-refractivity contribution in [1.29, 1.82) is 0 Å².